The van der Waals surface area contributed by atoms with Crippen LogP contribution in [-0.2, 0) is 64.9 Å². The van der Waals surface area contributed by atoms with Gasteiger partial charge in [0.25, 0.3) is 0 Å². The molecule has 5 aliphatic heterocycles. The molecule has 16 nitrogen and oxygen atoms in total. The number of aromatic hydroxyl groups is 1. The van der Waals surface area contributed by atoms with Crippen LogP contribution in [-0.4, -0.2) is 180 Å². The average molecular weight is 1560 g/mol. The minimum absolute atomic E-state index is 0.00301. The van der Waals surface area contributed by atoms with Crippen molar-refractivity contribution in [2.24, 2.45) is 5.92 Å². The number of phenols is 1. The first-order valence-electron chi connectivity index (χ1n) is 44.3. The molecule has 0 aliphatic carbocycles. The summed E-state index contributed by atoms with van der Waals surface area (Å²) in [7, 11) is 8.66. The molecule has 111 heavy (non-hydrogen) atoms. The van der Waals surface area contributed by atoms with Crippen molar-refractivity contribution in [1.82, 2.24) is 24.5 Å². The molecule has 6 rings (SSSR count). The van der Waals surface area contributed by atoms with E-state index in [1.54, 1.807) is 0 Å². The zero-order valence-electron chi connectivity index (χ0n) is 77.9. The third-order valence-electron chi connectivity index (χ3n) is 27.0. The normalized spacial score (nSPS) is 22.6. The number of nitrogens with zero attached hydrogens (tertiary/aromatic N) is 5. The van der Waals surface area contributed by atoms with Gasteiger partial charge >= 0.3 is 29.8 Å². The van der Waals surface area contributed by atoms with Crippen LogP contribution in [0.4, 0.5) is 0 Å². The Kier molecular flexibility index (Phi) is 36.8. The summed E-state index contributed by atoms with van der Waals surface area (Å²) in [5.41, 5.74) is 2.75. The zero-order valence-corrected chi connectivity index (χ0v) is 77.9. The van der Waals surface area contributed by atoms with Gasteiger partial charge in [-0.05, 0) is 239 Å². The highest BCUT2D eigenvalue weighted by atomic mass is 16.6. The Morgan fingerprint density at radius 3 is 0.820 bits per heavy atom. The Balaban J connectivity index is 0.000000355. The molecule has 0 amide bonds. The molecule has 0 saturated carbocycles. The molecule has 5 fully saturated rings. The van der Waals surface area contributed by atoms with Gasteiger partial charge in [0.15, 0.2) is 0 Å². The van der Waals surface area contributed by atoms with Crippen LogP contribution in [0.3, 0.4) is 0 Å². The Morgan fingerprint density at radius 2 is 0.577 bits per heavy atom. The Hall–Kier alpha value is -3.83. The first-order chi connectivity index (χ1) is 50.7. The second-order valence-corrected chi connectivity index (χ2v) is 43.7. The first kappa shape index (κ1) is 99.5. The molecule has 644 valence electrons. The predicted octanol–water partition coefficient (Wildman–Crippen LogP) is 22.1. The number of ether oxygens (including phenoxy) is 5. The maximum absolute atomic E-state index is 13.1. The Morgan fingerprint density at radius 1 is 0.360 bits per heavy atom. The van der Waals surface area contributed by atoms with E-state index in [-0.39, 0.29) is 133 Å². The summed E-state index contributed by atoms with van der Waals surface area (Å²) >= 11 is 0. The third kappa shape index (κ3) is 31.2. The highest BCUT2D eigenvalue weighted by Gasteiger charge is 2.50. The molecule has 1 atom stereocenters. The molecule has 0 bridgehead atoms. The Bertz CT molecular complexity index is 2880. The lowest BCUT2D eigenvalue weighted by Crippen LogP contribution is -2.62. The number of rotatable bonds is 33. The summed E-state index contributed by atoms with van der Waals surface area (Å²) in [6.45, 7) is 62.9. The molecule has 0 spiro atoms. The van der Waals surface area contributed by atoms with E-state index < -0.39 is 0 Å². The molecule has 5 saturated heterocycles. The molecule has 0 aromatic heterocycles. The van der Waals surface area contributed by atoms with E-state index in [1.807, 2.05) is 6.92 Å². The molecule has 1 aromatic rings. The summed E-state index contributed by atoms with van der Waals surface area (Å²) in [5.74, 6) is -0.203. The van der Waals surface area contributed by atoms with Crippen LogP contribution in [0.25, 0.3) is 0 Å². The molecule has 0 radical (unpaired) electrons. The monoisotopic (exact) mass is 1560 g/mol. The Labute approximate surface area is 681 Å². The SMILES string of the molecule is CC(Cc1cc(C(C)(C)C)c(O)c(C(C)(C)C)c1)C(=O)OC1CC(C)(C)N(C)C(C)(C)C1.CCCCCCCCN1C(C)(C)CC(OC(=O)CCCCCCCCC(=O)OC2CC(C)(C)N(C)C(C)(C)C2)CC1(C)C.CN1C(C)(C)CC(OC(=O)CCCCCCCCC(=O)OC2CC(C)(C)N(C)C(C)(C)C2)CC1(C)C. The number of carbonyl (C=O) groups is 5. The number of likely N-dealkylation sites (tertiary alicyclic amines) is 5. The van der Waals surface area contributed by atoms with Crippen molar-refractivity contribution in [3.05, 3.63) is 28.8 Å². The zero-order chi connectivity index (χ0) is 84.5. The topological polar surface area (TPSA) is 168 Å². The van der Waals surface area contributed by atoms with Crippen LogP contribution in [0.5, 0.6) is 5.75 Å². The number of carbonyl (C=O) groups excluding carboxylic acids is 5. The van der Waals surface area contributed by atoms with Crippen LogP contribution in [0.15, 0.2) is 12.1 Å². The fourth-order valence-electron chi connectivity index (χ4n) is 19.6. The number of benzene rings is 1. The lowest BCUT2D eigenvalue weighted by molar-refractivity contribution is -0.163. The fraction of sp³-hybridized carbons (Fsp3) is 0.884. The summed E-state index contributed by atoms with van der Waals surface area (Å²) in [6, 6.07) is 4.13. The number of esters is 5. The smallest absolute Gasteiger partial charge is 0.309 e. The molecule has 5 aliphatic rings. The number of unbranched alkanes of at least 4 members (excludes halogenated alkanes) is 15. The fourth-order valence-corrected chi connectivity index (χ4v) is 19.6. The maximum Gasteiger partial charge on any atom is 0.309 e. The van der Waals surface area contributed by atoms with Crippen molar-refractivity contribution < 1.29 is 52.8 Å². The van der Waals surface area contributed by atoms with E-state index in [1.165, 1.54) is 38.5 Å². The summed E-state index contributed by atoms with van der Waals surface area (Å²) in [6.07, 6.45) is 31.3. The van der Waals surface area contributed by atoms with E-state index in [9.17, 15) is 29.1 Å². The highest BCUT2D eigenvalue weighted by molar-refractivity contribution is 5.73. The van der Waals surface area contributed by atoms with Gasteiger partial charge in [-0.25, -0.2) is 0 Å². The van der Waals surface area contributed by atoms with E-state index in [4.69, 9.17) is 23.7 Å². The van der Waals surface area contributed by atoms with E-state index in [2.05, 4.69) is 252 Å². The van der Waals surface area contributed by atoms with Gasteiger partial charge in [0.2, 0.25) is 0 Å². The molecule has 5 heterocycles. The van der Waals surface area contributed by atoms with Gasteiger partial charge in [-0.2, -0.15) is 0 Å². The summed E-state index contributed by atoms with van der Waals surface area (Å²) < 4.78 is 29.7. The molecular weight excluding hydrogens is 1390 g/mol. The predicted molar refractivity (Wildman–Crippen MR) is 460 cm³/mol. The number of hydrogen-bond donors (Lipinski definition) is 1. The van der Waals surface area contributed by atoms with Crippen molar-refractivity contribution in [2.45, 2.75) is 502 Å². The lowest BCUT2D eigenvalue weighted by Gasteiger charge is -2.55. The van der Waals surface area contributed by atoms with Crippen LogP contribution in [0.2, 0.25) is 0 Å². The van der Waals surface area contributed by atoms with Gasteiger partial charge in [-0.3, -0.25) is 48.5 Å². The standard InChI is InChI=1S/C37H70N2O4.C30H56N2O4.C28H47NO3/c1-11-12-13-14-19-22-25-39-36(6,7)28-31(29-37(39,8)9)43-33(41)24-21-18-16-15-17-20-23-32(40)42-30-26-34(2,3)38(10)35(4,5)27-30;1-27(2)19-23(20-28(3,4)31(27)9)35-25(33)17-15-13-11-12-14-16-18-26(34)36-24-21-29(5,6)32(10)30(7,8)22-24;1-18(24(31)32-20-16-27(8,9)29(12)28(10,11)17-20)13-19-14-21(25(2,3)4)23(30)22(15-19)26(5,6)7/h30-31H,11-29H2,1-10H3;23-24H,11-22H2,1-10H3;14-15,18,20,30H,13,16-17H2,1-12H3. The highest BCUT2D eigenvalue weighted by Crippen LogP contribution is 2.46. The molecular formula is C95H173N5O11. The van der Waals surface area contributed by atoms with Crippen LogP contribution in [0, 0.1) is 5.92 Å². The summed E-state index contributed by atoms with van der Waals surface area (Å²) in [5, 5.41) is 11.0. The number of piperidine rings is 5. The quantitative estimate of drug-likeness (QED) is 0.0400. The van der Waals surface area contributed by atoms with Crippen LogP contribution in [0.1, 0.15) is 416 Å². The summed E-state index contributed by atoms with van der Waals surface area (Å²) in [4.78, 5) is 75.3. The van der Waals surface area contributed by atoms with Gasteiger partial charge in [0.1, 0.15) is 36.3 Å². The largest absolute Gasteiger partial charge is 0.507 e. The third-order valence-corrected chi connectivity index (χ3v) is 27.0. The first-order valence-corrected chi connectivity index (χ1v) is 44.3. The van der Waals surface area contributed by atoms with E-state index >= 15 is 0 Å². The second-order valence-electron chi connectivity index (χ2n) is 43.7. The number of phenolic OH excluding ortho intramolecular Hbond substituents is 1. The van der Waals surface area contributed by atoms with Gasteiger partial charge in [0.05, 0.1) is 5.92 Å². The van der Waals surface area contributed by atoms with Gasteiger partial charge in [-0.15, -0.1) is 0 Å². The number of hydrogen-bond acceptors (Lipinski definition) is 16. The van der Waals surface area contributed by atoms with Gasteiger partial charge < -0.3 is 28.8 Å². The second kappa shape index (κ2) is 41.0. The van der Waals surface area contributed by atoms with Crippen LogP contribution < -0.4 is 0 Å². The lowest BCUT2D eigenvalue weighted by atomic mass is 9.77. The molecule has 16 heteroatoms. The van der Waals surface area contributed by atoms with E-state index in [0.717, 1.165) is 164 Å². The van der Waals surface area contributed by atoms with Gasteiger partial charge in [0, 0.05) is 145 Å². The van der Waals surface area contributed by atoms with Crippen molar-refractivity contribution in [2.75, 3.05) is 34.7 Å². The van der Waals surface area contributed by atoms with Crippen molar-refractivity contribution in [1.29, 1.82) is 0 Å². The minimum Gasteiger partial charge on any atom is -0.507 e. The van der Waals surface area contributed by atoms with Crippen molar-refractivity contribution >= 4 is 29.8 Å². The molecule has 1 unspecified atom stereocenters. The molecule has 1 N–H and O–H groups in total. The van der Waals surface area contributed by atoms with Crippen LogP contribution >= 0.6 is 0 Å². The average Bonchev–Trinajstić information content (AvgIpc) is 0.810. The maximum atomic E-state index is 13.1. The van der Waals surface area contributed by atoms with Crippen molar-refractivity contribution in [3.63, 3.8) is 0 Å². The minimum atomic E-state index is -0.244. The molecule has 1 aromatic carbocycles. The van der Waals surface area contributed by atoms with Gasteiger partial charge in [-0.1, -0.05) is 151 Å². The van der Waals surface area contributed by atoms with E-state index in [0.29, 0.717) is 37.9 Å². The van der Waals surface area contributed by atoms with Crippen molar-refractivity contribution in [3.8, 4) is 5.75 Å².